The van der Waals surface area contributed by atoms with Gasteiger partial charge in [0.2, 0.25) is 11.8 Å². The lowest BCUT2D eigenvalue weighted by Crippen LogP contribution is -2.53. The highest BCUT2D eigenvalue weighted by molar-refractivity contribution is 7.92. The van der Waals surface area contributed by atoms with E-state index in [0.29, 0.717) is 16.3 Å². The maximum absolute atomic E-state index is 14.3. The van der Waals surface area contributed by atoms with E-state index in [1.54, 1.807) is 48.5 Å². The third-order valence-corrected chi connectivity index (χ3v) is 9.24. The molecule has 4 rings (SSSR count). The fraction of sp³-hybridized carbons (Fsp3) is 0.235. The van der Waals surface area contributed by atoms with Crippen LogP contribution in [0.1, 0.15) is 36.5 Å². The molecule has 7 nitrogen and oxygen atoms in total. The molecular formula is C34H36ClN3O4S. The molecule has 43 heavy (non-hydrogen) atoms. The molecule has 0 heterocycles. The number of nitrogens with one attached hydrogen (secondary N) is 1. The molecule has 0 saturated heterocycles. The third-order valence-electron chi connectivity index (χ3n) is 7.22. The van der Waals surface area contributed by atoms with Crippen molar-refractivity contribution in [3.8, 4) is 0 Å². The highest BCUT2D eigenvalue weighted by atomic mass is 35.5. The van der Waals surface area contributed by atoms with Crippen LogP contribution in [0, 0.1) is 0 Å². The van der Waals surface area contributed by atoms with Gasteiger partial charge in [0.1, 0.15) is 12.6 Å². The third kappa shape index (κ3) is 8.03. The Balaban J connectivity index is 1.79. The predicted octanol–water partition coefficient (Wildman–Crippen LogP) is 6.04. The number of halogens is 1. The number of hydrogen-bond acceptors (Lipinski definition) is 4. The van der Waals surface area contributed by atoms with Crippen molar-refractivity contribution in [1.29, 1.82) is 0 Å². The number of anilines is 1. The van der Waals surface area contributed by atoms with Crippen LogP contribution in [-0.4, -0.2) is 44.8 Å². The second kappa shape index (κ2) is 14.4. The fourth-order valence-corrected chi connectivity index (χ4v) is 6.47. The van der Waals surface area contributed by atoms with Crippen LogP contribution in [0.5, 0.6) is 0 Å². The first-order valence-electron chi connectivity index (χ1n) is 14.1. The van der Waals surface area contributed by atoms with Crippen molar-refractivity contribution in [3.63, 3.8) is 0 Å². The SMILES string of the molecule is CNC(=O)C(Cc1ccccc1)N(Cc1cccc(Cl)c1)C(=O)CN(c1ccc(C(C)C)cc1)S(=O)(=O)c1ccccc1. The number of benzene rings is 4. The van der Waals surface area contributed by atoms with Gasteiger partial charge in [-0.25, -0.2) is 8.42 Å². The van der Waals surface area contributed by atoms with Crippen LogP contribution in [0.3, 0.4) is 0 Å². The summed E-state index contributed by atoms with van der Waals surface area (Å²) < 4.78 is 29.2. The van der Waals surface area contributed by atoms with Crippen LogP contribution in [0.4, 0.5) is 5.69 Å². The van der Waals surface area contributed by atoms with E-state index in [1.165, 1.54) is 24.1 Å². The number of nitrogens with zero attached hydrogens (tertiary/aromatic N) is 2. The fourth-order valence-electron chi connectivity index (χ4n) is 4.83. The van der Waals surface area contributed by atoms with Crippen molar-refractivity contribution < 1.29 is 18.0 Å². The van der Waals surface area contributed by atoms with Crippen molar-refractivity contribution >= 4 is 39.1 Å². The summed E-state index contributed by atoms with van der Waals surface area (Å²) in [5.74, 6) is -0.649. The molecule has 0 fully saturated rings. The zero-order valence-corrected chi connectivity index (χ0v) is 26.1. The molecule has 0 bridgehead atoms. The summed E-state index contributed by atoms with van der Waals surface area (Å²) in [6, 6.07) is 30.7. The summed E-state index contributed by atoms with van der Waals surface area (Å²) in [5.41, 5.74) is 2.96. The summed E-state index contributed by atoms with van der Waals surface area (Å²) in [6.07, 6.45) is 0.237. The van der Waals surface area contributed by atoms with E-state index in [-0.39, 0.29) is 29.7 Å². The van der Waals surface area contributed by atoms with Gasteiger partial charge in [0.05, 0.1) is 10.6 Å². The van der Waals surface area contributed by atoms with E-state index in [1.807, 2.05) is 48.5 Å². The number of carbonyl (C=O) groups is 2. The van der Waals surface area contributed by atoms with Gasteiger partial charge >= 0.3 is 0 Å². The Morgan fingerprint density at radius 2 is 1.42 bits per heavy atom. The topological polar surface area (TPSA) is 86.8 Å². The molecule has 1 N–H and O–H groups in total. The molecular weight excluding hydrogens is 582 g/mol. The molecule has 0 aromatic heterocycles. The number of hydrogen-bond donors (Lipinski definition) is 1. The molecule has 9 heteroatoms. The van der Waals surface area contributed by atoms with Crippen LogP contribution in [-0.2, 0) is 32.6 Å². The maximum atomic E-state index is 14.3. The number of amides is 2. The molecule has 4 aromatic carbocycles. The number of carbonyl (C=O) groups excluding carboxylic acids is 2. The van der Waals surface area contributed by atoms with Gasteiger partial charge in [0.25, 0.3) is 10.0 Å². The van der Waals surface area contributed by atoms with E-state index in [9.17, 15) is 18.0 Å². The maximum Gasteiger partial charge on any atom is 0.264 e. The molecule has 1 atom stereocenters. The minimum atomic E-state index is -4.14. The van der Waals surface area contributed by atoms with Crippen molar-refractivity contribution in [2.75, 3.05) is 17.9 Å². The van der Waals surface area contributed by atoms with E-state index in [4.69, 9.17) is 11.6 Å². The predicted molar refractivity (Wildman–Crippen MR) is 172 cm³/mol. The van der Waals surface area contributed by atoms with Gasteiger partial charge in [0.15, 0.2) is 0 Å². The molecule has 0 radical (unpaired) electrons. The van der Waals surface area contributed by atoms with Crippen molar-refractivity contribution in [2.45, 2.75) is 43.7 Å². The van der Waals surface area contributed by atoms with Crippen LogP contribution >= 0.6 is 11.6 Å². The Morgan fingerprint density at radius 1 is 0.814 bits per heavy atom. The molecule has 224 valence electrons. The van der Waals surface area contributed by atoms with Gasteiger partial charge in [-0.2, -0.15) is 0 Å². The number of likely N-dealkylation sites (N-methyl/N-ethyl adjacent to an activating group) is 1. The summed E-state index contributed by atoms with van der Waals surface area (Å²) in [6.45, 7) is 3.64. The highest BCUT2D eigenvalue weighted by Gasteiger charge is 2.34. The highest BCUT2D eigenvalue weighted by Crippen LogP contribution is 2.27. The van der Waals surface area contributed by atoms with Gasteiger partial charge < -0.3 is 10.2 Å². The molecule has 0 spiro atoms. The molecule has 4 aromatic rings. The Morgan fingerprint density at radius 3 is 2.00 bits per heavy atom. The average Bonchev–Trinajstić information content (AvgIpc) is 3.02. The van der Waals surface area contributed by atoms with Gasteiger partial charge in [-0.05, 0) is 59.0 Å². The van der Waals surface area contributed by atoms with Gasteiger partial charge in [-0.1, -0.05) is 98.2 Å². The van der Waals surface area contributed by atoms with E-state index in [2.05, 4.69) is 19.2 Å². The first kappa shape index (κ1) is 31.8. The molecule has 0 aliphatic carbocycles. The van der Waals surface area contributed by atoms with Crippen molar-refractivity contribution in [1.82, 2.24) is 10.2 Å². The minimum absolute atomic E-state index is 0.0514. The first-order chi connectivity index (χ1) is 20.6. The second-order valence-electron chi connectivity index (χ2n) is 10.5. The van der Waals surface area contributed by atoms with Crippen molar-refractivity contribution in [3.05, 3.63) is 131 Å². The van der Waals surface area contributed by atoms with Crippen LogP contribution in [0.2, 0.25) is 5.02 Å². The van der Waals surface area contributed by atoms with Crippen molar-refractivity contribution in [2.24, 2.45) is 0 Å². The lowest BCUT2D eigenvalue weighted by atomic mass is 10.0. The molecule has 0 aliphatic rings. The lowest BCUT2D eigenvalue weighted by Gasteiger charge is -2.33. The second-order valence-corrected chi connectivity index (χ2v) is 12.8. The van der Waals surface area contributed by atoms with Gasteiger partial charge in [0, 0.05) is 25.0 Å². The minimum Gasteiger partial charge on any atom is -0.357 e. The zero-order valence-electron chi connectivity index (χ0n) is 24.5. The Hall–Kier alpha value is -4.14. The Bertz CT molecular complexity index is 1630. The van der Waals surface area contributed by atoms with Crippen LogP contribution in [0.15, 0.2) is 114 Å². The average molecular weight is 618 g/mol. The van der Waals surface area contributed by atoms with E-state index in [0.717, 1.165) is 15.4 Å². The zero-order chi connectivity index (χ0) is 31.0. The van der Waals surface area contributed by atoms with Crippen LogP contribution < -0.4 is 9.62 Å². The normalized spacial score (nSPS) is 12.0. The molecule has 0 saturated carbocycles. The Kier molecular flexibility index (Phi) is 10.6. The van der Waals surface area contributed by atoms with Gasteiger partial charge in [-0.15, -0.1) is 0 Å². The summed E-state index contributed by atoms with van der Waals surface area (Å²) in [4.78, 5) is 29.2. The number of sulfonamides is 1. The quantitative estimate of drug-likeness (QED) is 0.210. The van der Waals surface area contributed by atoms with E-state index < -0.39 is 28.5 Å². The largest absolute Gasteiger partial charge is 0.357 e. The van der Waals surface area contributed by atoms with E-state index >= 15 is 0 Å². The molecule has 0 aliphatic heterocycles. The first-order valence-corrected chi connectivity index (χ1v) is 15.9. The summed E-state index contributed by atoms with van der Waals surface area (Å²) >= 11 is 6.26. The monoisotopic (exact) mass is 617 g/mol. The number of rotatable bonds is 12. The smallest absolute Gasteiger partial charge is 0.264 e. The molecule has 2 amide bonds. The van der Waals surface area contributed by atoms with Crippen LogP contribution in [0.25, 0.3) is 0 Å². The van der Waals surface area contributed by atoms with Gasteiger partial charge in [-0.3, -0.25) is 13.9 Å². The summed E-state index contributed by atoms with van der Waals surface area (Å²) in [7, 11) is -2.62. The molecule has 1 unspecified atom stereocenters. The standard InChI is InChI=1S/C34H36ClN3O4S/c1-25(2)28-17-19-30(20-18-28)38(43(41,42)31-15-8-5-9-16-31)24-33(39)37(23-27-13-10-14-29(35)21-27)32(34(40)36-3)22-26-11-6-4-7-12-26/h4-21,25,32H,22-24H2,1-3H3,(H,36,40). The summed E-state index contributed by atoms with van der Waals surface area (Å²) in [5, 5.41) is 3.17. The Labute approximate surface area is 259 Å². The lowest BCUT2D eigenvalue weighted by molar-refractivity contribution is -0.139.